The van der Waals surface area contributed by atoms with Gasteiger partial charge in [-0.25, -0.2) is 4.98 Å². The molecule has 0 saturated heterocycles. The molecule has 7 nitrogen and oxygen atoms in total. The molecule has 1 unspecified atom stereocenters. The molecule has 0 spiro atoms. The highest BCUT2D eigenvalue weighted by molar-refractivity contribution is 7.98. The zero-order chi connectivity index (χ0) is 22.0. The molecular weight excluding hydrogens is 477 g/mol. The van der Waals surface area contributed by atoms with Gasteiger partial charge in [0.05, 0.1) is 10.7 Å². The van der Waals surface area contributed by atoms with Crippen molar-refractivity contribution in [2.75, 3.05) is 0 Å². The summed E-state index contributed by atoms with van der Waals surface area (Å²) in [5.41, 5.74) is 0.585. The number of nitrogens with zero attached hydrogens (tertiary/aromatic N) is 5. The van der Waals surface area contributed by atoms with Crippen LogP contribution in [0.5, 0.6) is 5.75 Å². The van der Waals surface area contributed by atoms with E-state index in [1.165, 1.54) is 33.6 Å². The van der Waals surface area contributed by atoms with Gasteiger partial charge in [0.15, 0.2) is 22.0 Å². The first-order chi connectivity index (χ1) is 15.0. The van der Waals surface area contributed by atoms with Gasteiger partial charge in [0.2, 0.25) is 0 Å². The first kappa shape index (κ1) is 21.9. The van der Waals surface area contributed by atoms with Gasteiger partial charge in [0, 0.05) is 35.0 Å². The fourth-order valence-electron chi connectivity index (χ4n) is 2.92. The van der Waals surface area contributed by atoms with Gasteiger partial charge in [-0.3, -0.25) is 13.8 Å². The minimum Gasteiger partial charge on any atom is -0.481 e. The lowest BCUT2D eigenvalue weighted by Gasteiger charge is -2.16. The highest BCUT2D eigenvalue weighted by atomic mass is 35.5. The topological polar surface area (TPSA) is 74.3 Å². The van der Waals surface area contributed by atoms with Gasteiger partial charge in [-0.1, -0.05) is 41.0 Å². The Morgan fingerprint density at radius 1 is 1.32 bits per heavy atom. The normalized spacial score (nSPS) is 12.2. The first-order valence-electron chi connectivity index (χ1n) is 9.20. The lowest BCUT2D eigenvalue weighted by atomic mass is 10.3. The lowest BCUT2D eigenvalue weighted by molar-refractivity contribution is 0.210. The third-order valence-electron chi connectivity index (χ3n) is 4.32. The maximum Gasteiger partial charge on any atom is 0.258 e. The monoisotopic (exact) mass is 493 g/mol. The predicted molar refractivity (Wildman–Crippen MR) is 125 cm³/mol. The SMILES string of the molecule is C=CCn1c(SCc2cc(=O)n3ccsc3n2)nnc1C(C)Oc1ccc(Cl)cc1Cl. The second-order valence-electron chi connectivity index (χ2n) is 6.50. The van der Waals surface area contributed by atoms with E-state index in [0.29, 0.717) is 49.7 Å². The van der Waals surface area contributed by atoms with Gasteiger partial charge in [-0.2, -0.15) is 0 Å². The zero-order valence-corrected chi connectivity index (χ0v) is 19.5. The van der Waals surface area contributed by atoms with E-state index in [9.17, 15) is 4.79 Å². The first-order valence-corrected chi connectivity index (χ1v) is 11.8. The molecular formula is C20H17Cl2N5O2S2. The van der Waals surface area contributed by atoms with Crippen LogP contribution in [0.3, 0.4) is 0 Å². The number of hydrogen-bond donors (Lipinski definition) is 0. The number of thiazole rings is 1. The van der Waals surface area contributed by atoms with E-state index in [0.717, 1.165) is 0 Å². The molecule has 0 saturated carbocycles. The molecule has 3 heterocycles. The van der Waals surface area contributed by atoms with Crippen LogP contribution in [-0.2, 0) is 12.3 Å². The second-order valence-corrected chi connectivity index (χ2v) is 9.16. The van der Waals surface area contributed by atoms with E-state index in [1.54, 1.807) is 30.5 Å². The maximum atomic E-state index is 12.2. The predicted octanol–water partition coefficient (Wildman–Crippen LogP) is 5.27. The maximum absolute atomic E-state index is 12.2. The minimum atomic E-state index is -0.411. The van der Waals surface area contributed by atoms with Crippen LogP contribution in [0.2, 0.25) is 10.0 Å². The molecule has 0 radical (unpaired) electrons. The molecule has 0 amide bonds. The third-order valence-corrected chi connectivity index (χ3v) is 6.61. The van der Waals surface area contributed by atoms with Crippen LogP contribution in [0.15, 0.2) is 58.4 Å². The van der Waals surface area contributed by atoms with E-state index < -0.39 is 6.10 Å². The fourth-order valence-corrected chi connectivity index (χ4v) is 4.96. The molecule has 0 bridgehead atoms. The molecule has 0 fully saturated rings. The van der Waals surface area contributed by atoms with Crippen molar-refractivity contribution < 1.29 is 4.74 Å². The van der Waals surface area contributed by atoms with Crippen molar-refractivity contribution in [3.8, 4) is 5.75 Å². The van der Waals surface area contributed by atoms with Crippen molar-refractivity contribution in [1.82, 2.24) is 24.1 Å². The molecule has 160 valence electrons. The Bertz CT molecular complexity index is 1300. The summed E-state index contributed by atoms with van der Waals surface area (Å²) in [5, 5.41) is 12.1. The van der Waals surface area contributed by atoms with Gasteiger partial charge in [0.1, 0.15) is 5.75 Å². The molecule has 0 aliphatic rings. The average molecular weight is 494 g/mol. The van der Waals surface area contributed by atoms with E-state index >= 15 is 0 Å². The van der Waals surface area contributed by atoms with Crippen LogP contribution in [0.1, 0.15) is 24.5 Å². The summed E-state index contributed by atoms with van der Waals surface area (Å²) in [7, 11) is 0. The summed E-state index contributed by atoms with van der Waals surface area (Å²) in [6, 6.07) is 6.60. The van der Waals surface area contributed by atoms with Crippen molar-refractivity contribution in [3.63, 3.8) is 0 Å². The molecule has 0 aliphatic carbocycles. The summed E-state index contributed by atoms with van der Waals surface area (Å²) in [6.45, 7) is 6.20. The molecule has 3 aromatic heterocycles. The molecule has 1 aromatic carbocycles. The molecule has 1 atom stereocenters. The Balaban J connectivity index is 1.54. The van der Waals surface area contributed by atoms with Crippen molar-refractivity contribution in [1.29, 1.82) is 0 Å². The highest BCUT2D eigenvalue weighted by Gasteiger charge is 2.20. The summed E-state index contributed by atoms with van der Waals surface area (Å²) >= 11 is 15.0. The van der Waals surface area contributed by atoms with E-state index in [-0.39, 0.29) is 5.56 Å². The Kier molecular flexibility index (Phi) is 6.66. The summed E-state index contributed by atoms with van der Waals surface area (Å²) in [4.78, 5) is 17.4. The van der Waals surface area contributed by atoms with Crippen LogP contribution in [-0.4, -0.2) is 24.1 Å². The smallest absolute Gasteiger partial charge is 0.258 e. The van der Waals surface area contributed by atoms with Gasteiger partial charge in [-0.15, -0.1) is 28.1 Å². The Labute approximate surface area is 196 Å². The van der Waals surface area contributed by atoms with Crippen molar-refractivity contribution in [3.05, 3.63) is 80.4 Å². The third kappa shape index (κ3) is 4.79. The van der Waals surface area contributed by atoms with Crippen molar-refractivity contribution >= 4 is 51.3 Å². The number of ether oxygens (including phenoxy) is 1. The largest absolute Gasteiger partial charge is 0.481 e. The molecule has 31 heavy (non-hydrogen) atoms. The molecule has 0 N–H and O–H groups in total. The number of allylic oxidation sites excluding steroid dienone is 1. The molecule has 11 heteroatoms. The Morgan fingerprint density at radius 3 is 2.94 bits per heavy atom. The number of fused-ring (bicyclic) bond motifs is 1. The van der Waals surface area contributed by atoms with Gasteiger partial charge >= 0.3 is 0 Å². The van der Waals surface area contributed by atoms with Crippen LogP contribution < -0.4 is 10.3 Å². The number of halogens is 2. The van der Waals surface area contributed by atoms with E-state index in [2.05, 4.69) is 21.8 Å². The number of rotatable bonds is 8. The van der Waals surface area contributed by atoms with Crippen LogP contribution in [0.4, 0.5) is 0 Å². The zero-order valence-electron chi connectivity index (χ0n) is 16.4. The van der Waals surface area contributed by atoms with Crippen LogP contribution in [0.25, 0.3) is 4.96 Å². The lowest BCUT2D eigenvalue weighted by Crippen LogP contribution is -2.13. The fraction of sp³-hybridized carbons (Fsp3) is 0.200. The quantitative estimate of drug-likeness (QED) is 0.245. The average Bonchev–Trinajstić information content (AvgIpc) is 3.36. The van der Waals surface area contributed by atoms with Crippen molar-refractivity contribution in [2.24, 2.45) is 0 Å². The Morgan fingerprint density at radius 2 is 2.16 bits per heavy atom. The second kappa shape index (κ2) is 9.44. The molecule has 4 aromatic rings. The van der Waals surface area contributed by atoms with Gasteiger partial charge in [-0.05, 0) is 25.1 Å². The number of benzene rings is 1. The number of aromatic nitrogens is 5. The van der Waals surface area contributed by atoms with Gasteiger partial charge in [0.25, 0.3) is 5.56 Å². The van der Waals surface area contributed by atoms with Crippen LogP contribution >= 0.6 is 46.3 Å². The highest BCUT2D eigenvalue weighted by Crippen LogP contribution is 2.32. The van der Waals surface area contributed by atoms with Crippen LogP contribution in [0, 0.1) is 0 Å². The van der Waals surface area contributed by atoms with E-state index in [4.69, 9.17) is 27.9 Å². The standard InChI is InChI=1S/C20H17Cl2N5O2S2/c1-3-6-27-18(12(2)29-16-5-4-13(21)9-15(16)22)24-25-20(27)31-11-14-10-17(28)26-7-8-30-19(26)23-14/h3-5,7-10,12H,1,6,11H2,2H3. The summed E-state index contributed by atoms with van der Waals surface area (Å²) in [6.07, 6.45) is 3.07. The molecule has 4 rings (SSSR count). The summed E-state index contributed by atoms with van der Waals surface area (Å²) in [5.74, 6) is 1.63. The number of thioether (sulfide) groups is 1. The van der Waals surface area contributed by atoms with E-state index in [1.807, 2.05) is 16.9 Å². The minimum absolute atomic E-state index is 0.100. The van der Waals surface area contributed by atoms with Gasteiger partial charge < -0.3 is 4.74 Å². The summed E-state index contributed by atoms with van der Waals surface area (Å²) < 4.78 is 9.44. The van der Waals surface area contributed by atoms with Crippen molar-refractivity contribution in [2.45, 2.75) is 30.5 Å². The Hall–Kier alpha value is -2.33. The molecule has 0 aliphatic heterocycles. The number of hydrogen-bond acceptors (Lipinski definition) is 7.